The van der Waals surface area contributed by atoms with Gasteiger partial charge < -0.3 is 79.5 Å². The molecule has 2 aromatic carbocycles. The third kappa shape index (κ3) is 19.5. The molecule has 0 bridgehead atoms. The van der Waals surface area contributed by atoms with Gasteiger partial charge in [0.15, 0.2) is 0 Å². The first-order chi connectivity index (χ1) is 37.4. The average molecular weight is 1110 g/mol. The van der Waals surface area contributed by atoms with Crippen molar-refractivity contribution in [2.24, 2.45) is 23.1 Å². The fourth-order valence-electron chi connectivity index (χ4n) is 9.33. The molecule has 434 valence electrons. The van der Waals surface area contributed by atoms with Crippen LogP contribution in [-0.4, -0.2) is 170 Å². The normalized spacial score (nSPS) is 18.9. The van der Waals surface area contributed by atoms with Gasteiger partial charge in [-0.15, -0.1) is 0 Å². The van der Waals surface area contributed by atoms with Crippen molar-refractivity contribution in [3.8, 4) is 5.75 Å². The van der Waals surface area contributed by atoms with E-state index in [-0.39, 0.29) is 76.8 Å². The molecule has 0 aromatic heterocycles. The number of carboxylic acid groups (broad SMARTS) is 1. The number of phenols is 1. The van der Waals surface area contributed by atoms with Crippen molar-refractivity contribution in [3.05, 3.63) is 65.7 Å². The van der Waals surface area contributed by atoms with Crippen molar-refractivity contribution in [1.82, 2.24) is 47.0 Å². The zero-order valence-corrected chi connectivity index (χ0v) is 45.1. The van der Waals surface area contributed by atoms with E-state index in [9.17, 15) is 68.1 Å². The van der Waals surface area contributed by atoms with Crippen molar-refractivity contribution in [2.45, 2.75) is 165 Å². The van der Waals surface area contributed by atoms with Gasteiger partial charge in [0, 0.05) is 45.3 Å². The molecule has 0 saturated carbocycles. The first-order valence-corrected chi connectivity index (χ1v) is 26.7. The predicted octanol–water partition coefficient (Wildman–Crippen LogP) is -1.97. The van der Waals surface area contributed by atoms with Crippen LogP contribution in [0.1, 0.15) is 103 Å². The standard InChI is InChI=1S/C53H78N12O14/c1-5-12-37(52(77)78)60-49(74)43(29(3)6-2)63-48(73)41-27-34(67)28-65(41)51(76)40-16-11-24-64(40)50(75)39(26-31-13-8-7-9-14-31)62-47(72)38(25-32-17-19-33(66)20-18-32)61-46(71)36(21-22-42(55)68)59-45(70)35(58-44(69)30(4)54)15-10-23-57-53(56)79/h7-9,13-14,17-20,29-30,34-41,43,66-67H,5-6,10-12,15-16,21-28,54H2,1-4H3,(H2,55,68)(H,58,69)(H,59,70)(H,60,74)(H,61,71)(H,62,72)(H,63,73)(H,77,78)(H3,56,57,79)/t29-,30-,34+,35-,36-,37-,38-,39-,40-,41-,43-/m0/s1. The minimum Gasteiger partial charge on any atom is -0.508 e. The highest BCUT2D eigenvalue weighted by Gasteiger charge is 2.47. The van der Waals surface area contributed by atoms with E-state index in [1.807, 2.05) is 0 Å². The summed E-state index contributed by atoms with van der Waals surface area (Å²) in [5, 5.41) is 48.7. The van der Waals surface area contributed by atoms with Gasteiger partial charge in [0.2, 0.25) is 53.2 Å². The van der Waals surface area contributed by atoms with E-state index in [1.165, 1.54) is 36.1 Å². The number of aliphatic hydroxyl groups is 1. The number of phenolic OH excluding ortho intramolecular Hbond substituents is 1. The molecule has 26 nitrogen and oxygen atoms in total. The summed E-state index contributed by atoms with van der Waals surface area (Å²) in [4.78, 5) is 151. The van der Waals surface area contributed by atoms with Crippen LogP contribution in [0.25, 0.3) is 0 Å². The number of hydrogen-bond donors (Lipinski definition) is 13. The largest absolute Gasteiger partial charge is 0.508 e. The summed E-state index contributed by atoms with van der Waals surface area (Å²) in [5.41, 5.74) is 17.4. The SMILES string of the molecule is CCC[C@H](NC(=O)[C@@H](NC(=O)[C@@H]1C[C@@H](O)CN1C(=O)[C@@H]1CCCN1C(=O)[C@H](Cc1ccccc1)NC(=O)[C@H](Cc1ccc(O)cc1)NC(=O)[C@H](CCC(N)=O)NC(=O)[C@H](CCCNC(N)=O)NC(=O)[C@H](C)N)[C@@H](C)CC)C(=O)O. The topological polar surface area (TPSA) is 417 Å². The molecule has 2 fully saturated rings. The Balaban J connectivity index is 1.64. The number of nitrogens with one attached hydrogen (secondary N) is 7. The van der Waals surface area contributed by atoms with E-state index in [0.29, 0.717) is 30.4 Å². The minimum absolute atomic E-state index is 0.0257. The second kappa shape index (κ2) is 30.9. The van der Waals surface area contributed by atoms with Crippen LogP contribution in [0.3, 0.4) is 0 Å². The quantitative estimate of drug-likeness (QED) is 0.0378. The minimum atomic E-state index is -1.55. The van der Waals surface area contributed by atoms with E-state index in [1.54, 1.807) is 51.1 Å². The maximum Gasteiger partial charge on any atom is 0.326 e. The molecule has 2 heterocycles. The van der Waals surface area contributed by atoms with Crippen molar-refractivity contribution >= 4 is 65.2 Å². The second-order valence-electron chi connectivity index (χ2n) is 20.2. The van der Waals surface area contributed by atoms with Crippen molar-refractivity contribution in [3.63, 3.8) is 0 Å². The predicted molar refractivity (Wildman–Crippen MR) is 285 cm³/mol. The van der Waals surface area contributed by atoms with E-state index < -0.39 is 138 Å². The summed E-state index contributed by atoms with van der Waals surface area (Å²) in [7, 11) is 0. The highest BCUT2D eigenvalue weighted by Crippen LogP contribution is 2.27. The van der Waals surface area contributed by atoms with E-state index in [2.05, 4.69) is 37.2 Å². The Labute approximate surface area is 458 Å². The number of carboxylic acids is 1. The van der Waals surface area contributed by atoms with Crippen LogP contribution in [-0.2, 0) is 60.8 Å². The smallest absolute Gasteiger partial charge is 0.326 e. The lowest BCUT2D eigenvalue weighted by Crippen LogP contribution is -2.61. The summed E-state index contributed by atoms with van der Waals surface area (Å²) in [6, 6.07) is 1.80. The molecule has 2 aliphatic heterocycles. The Kier molecular flexibility index (Phi) is 24.9. The van der Waals surface area contributed by atoms with Crippen molar-refractivity contribution < 1.29 is 68.1 Å². The highest BCUT2D eigenvalue weighted by molar-refractivity contribution is 5.99. The number of aliphatic hydroxyl groups excluding tert-OH is 1. The van der Waals surface area contributed by atoms with Gasteiger partial charge in [-0.3, -0.25) is 43.2 Å². The van der Waals surface area contributed by atoms with E-state index >= 15 is 0 Å². The number of urea groups is 1. The van der Waals surface area contributed by atoms with E-state index in [4.69, 9.17) is 17.2 Å². The summed E-state index contributed by atoms with van der Waals surface area (Å²) in [5.74, 6) is -8.98. The number of β-amino-alcohol motifs (C(OH)–C–C–N with tert-alkyl or cyclic N) is 1. The highest BCUT2D eigenvalue weighted by atomic mass is 16.4. The molecule has 0 aliphatic carbocycles. The number of nitrogens with two attached hydrogens (primary N) is 3. The zero-order valence-electron chi connectivity index (χ0n) is 45.1. The molecular formula is C53H78N12O14. The number of likely N-dealkylation sites (tertiary alicyclic amines) is 2. The molecule has 0 radical (unpaired) electrons. The summed E-state index contributed by atoms with van der Waals surface area (Å²) >= 11 is 0. The number of carbonyl (C=O) groups is 11. The molecule has 79 heavy (non-hydrogen) atoms. The Hall–Kier alpha value is -7.87. The van der Waals surface area contributed by atoms with Gasteiger partial charge >= 0.3 is 12.0 Å². The monoisotopic (exact) mass is 1110 g/mol. The van der Waals surface area contributed by atoms with Gasteiger partial charge in [-0.05, 0) is 74.6 Å². The van der Waals surface area contributed by atoms with Gasteiger partial charge in [-0.25, -0.2) is 9.59 Å². The summed E-state index contributed by atoms with van der Waals surface area (Å²) < 4.78 is 0. The van der Waals surface area contributed by atoms with Crippen LogP contribution in [0.4, 0.5) is 4.79 Å². The van der Waals surface area contributed by atoms with Gasteiger partial charge in [-0.1, -0.05) is 76.1 Å². The number of primary amides is 2. The number of aliphatic carboxylic acids is 1. The number of hydrogen-bond acceptors (Lipinski definition) is 14. The molecule has 0 unspecified atom stereocenters. The fraction of sp³-hybridized carbons (Fsp3) is 0.566. The lowest BCUT2D eigenvalue weighted by Gasteiger charge is -2.34. The molecule has 4 rings (SSSR count). The number of carbonyl (C=O) groups excluding carboxylic acids is 10. The van der Waals surface area contributed by atoms with Gasteiger partial charge in [-0.2, -0.15) is 0 Å². The number of aromatic hydroxyl groups is 1. The molecule has 2 aromatic rings. The fourth-order valence-corrected chi connectivity index (χ4v) is 9.33. The van der Waals surface area contributed by atoms with Crippen molar-refractivity contribution in [1.29, 1.82) is 0 Å². The molecule has 2 saturated heterocycles. The number of nitrogens with zero attached hydrogens (tertiary/aromatic N) is 2. The number of amides is 11. The lowest BCUT2D eigenvalue weighted by atomic mass is 9.97. The molecule has 0 spiro atoms. The molecule has 26 heteroatoms. The number of rotatable bonds is 30. The molecule has 2 aliphatic rings. The van der Waals surface area contributed by atoms with Crippen molar-refractivity contribution in [2.75, 3.05) is 19.6 Å². The van der Waals surface area contributed by atoms with E-state index in [0.717, 1.165) is 4.90 Å². The maximum atomic E-state index is 15.0. The Bertz CT molecular complexity index is 2470. The molecule has 16 N–H and O–H groups in total. The summed E-state index contributed by atoms with van der Waals surface area (Å²) in [6.07, 6.45) is -0.928. The first kappa shape index (κ1) is 63.7. The Morgan fingerprint density at radius 2 is 1.24 bits per heavy atom. The van der Waals surface area contributed by atoms with Gasteiger partial charge in [0.25, 0.3) is 0 Å². The molecular weight excluding hydrogens is 1030 g/mol. The second-order valence-corrected chi connectivity index (χ2v) is 20.2. The third-order valence-electron chi connectivity index (χ3n) is 13.9. The van der Waals surface area contributed by atoms with Crippen LogP contribution in [0.15, 0.2) is 54.6 Å². The van der Waals surface area contributed by atoms with Crippen LogP contribution in [0, 0.1) is 5.92 Å². The summed E-state index contributed by atoms with van der Waals surface area (Å²) in [6.45, 7) is 6.42. The Morgan fingerprint density at radius 3 is 1.84 bits per heavy atom. The lowest BCUT2D eigenvalue weighted by molar-refractivity contribution is -0.148. The Morgan fingerprint density at radius 1 is 0.671 bits per heavy atom. The van der Waals surface area contributed by atoms with Gasteiger partial charge in [0.05, 0.1) is 12.1 Å². The van der Waals surface area contributed by atoms with Gasteiger partial charge in [0.1, 0.15) is 54.1 Å². The maximum absolute atomic E-state index is 15.0. The molecule has 11 amide bonds. The number of benzene rings is 2. The van der Waals surface area contributed by atoms with Crippen LogP contribution >= 0.6 is 0 Å². The first-order valence-electron chi connectivity index (χ1n) is 26.7. The third-order valence-corrected chi connectivity index (χ3v) is 13.9. The average Bonchev–Trinajstić information content (AvgIpc) is 4.08. The van der Waals surface area contributed by atoms with Crippen LogP contribution in [0.5, 0.6) is 5.75 Å². The zero-order chi connectivity index (χ0) is 58.5. The van der Waals surface area contributed by atoms with Crippen LogP contribution in [0.2, 0.25) is 0 Å². The molecule has 11 atom stereocenters. The van der Waals surface area contributed by atoms with Crippen LogP contribution < -0.4 is 54.4 Å².